The molecule has 0 atom stereocenters. The maximum atomic E-state index is 5.94. The molecular weight excluding hydrogens is 329 g/mol. The number of pyridine rings is 1. The first-order valence-electron chi connectivity index (χ1n) is 6.03. The highest BCUT2D eigenvalue weighted by Crippen LogP contribution is 2.26. The first kappa shape index (κ1) is 14.4. The summed E-state index contributed by atoms with van der Waals surface area (Å²) in [7, 11) is 0. The minimum absolute atomic E-state index is 0.453. The minimum Gasteiger partial charge on any atom is -0.411 e. The van der Waals surface area contributed by atoms with Crippen LogP contribution in [0.15, 0.2) is 52.2 Å². The zero-order chi connectivity index (χ0) is 14.7. The van der Waals surface area contributed by atoms with Gasteiger partial charge in [0.05, 0.1) is 0 Å². The van der Waals surface area contributed by atoms with E-state index in [4.69, 9.17) is 27.6 Å². The highest BCUT2D eigenvalue weighted by Gasteiger charge is 2.09. The van der Waals surface area contributed by atoms with E-state index < -0.39 is 0 Å². The monoisotopic (exact) mass is 337 g/mol. The predicted octanol–water partition coefficient (Wildman–Crippen LogP) is 4.73. The van der Waals surface area contributed by atoms with Crippen LogP contribution in [0.1, 0.15) is 5.56 Å². The lowest BCUT2D eigenvalue weighted by molar-refractivity contribution is 0.466. The molecule has 0 aliphatic heterocycles. The van der Waals surface area contributed by atoms with E-state index in [2.05, 4.69) is 15.2 Å². The van der Waals surface area contributed by atoms with Crippen molar-refractivity contribution < 1.29 is 4.42 Å². The summed E-state index contributed by atoms with van der Waals surface area (Å²) >= 11 is 13.1. The van der Waals surface area contributed by atoms with Crippen molar-refractivity contribution in [1.29, 1.82) is 0 Å². The Bertz CT molecular complexity index is 746. The van der Waals surface area contributed by atoms with Gasteiger partial charge in [-0.1, -0.05) is 47.1 Å². The zero-order valence-electron chi connectivity index (χ0n) is 10.7. The molecule has 0 N–H and O–H groups in total. The summed E-state index contributed by atoms with van der Waals surface area (Å²) in [6, 6.07) is 11.0. The van der Waals surface area contributed by atoms with Crippen LogP contribution >= 0.6 is 35.0 Å². The van der Waals surface area contributed by atoms with E-state index in [1.165, 1.54) is 11.8 Å². The summed E-state index contributed by atoms with van der Waals surface area (Å²) in [6.45, 7) is 0. The first-order valence-corrected chi connectivity index (χ1v) is 7.77. The van der Waals surface area contributed by atoms with Crippen molar-refractivity contribution in [2.45, 2.75) is 11.0 Å². The molecule has 0 aliphatic carbocycles. The van der Waals surface area contributed by atoms with Crippen molar-refractivity contribution in [3.05, 3.63) is 58.3 Å². The van der Waals surface area contributed by atoms with Crippen molar-refractivity contribution in [3.8, 4) is 11.5 Å². The van der Waals surface area contributed by atoms with Gasteiger partial charge in [0.25, 0.3) is 5.22 Å². The lowest BCUT2D eigenvalue weighted by Gasteiger charge is -1.97. The summed E-state index contributed by atoms with van der Waals surface area (Å²) in [6.07, 6.45) is 1.73. The molecule has 3 aromatic rings. The lowest BCUT2D eigenvalue weighted by Crippen LogP contribution is -1.83. The van der Waals surface area contributed by atoms with Crippen LogP contribution in [-0.2, 0) is 5.75 Å². The van der Waals surface area contributed by atoms with Crippen LogP contribution in [0.3, 0.4) is 0 Å². The Balaban J connectivity index is 1.69. The molecule has 7 heteroatoms. The Kier molecular flexibility index (Phi) is 4.43. The number of nitrogens with zero attached hydrogens (tertiary/aromatic N) is 3. The molecule has 0 fully saturated rings. The Morgan fingerprint density at radius 3 is 2.76 bits per heavy atom. The van der Waals surface area contributed by atoms with Gasteiger partial charge in [-0.25, -0.2) is 4.98 Å². The molecular formula is C14H9Cl2N3OS. The highest BCUT2D eigenvalue weighted by atomic mass is 35.5. The van der Waals surface area contributed by atoms with Crippen LogP contribution < -0.4 is 0 Å². The second-order valence-corrected chi connectivity index (χ2v) is 5.91. The van der Waals surface area contributed by atoms with Crippen LogP contribution in [0.2, 0.25) is 10.2 Å². The van der Waals surface area contributed by atoms with E-state index in [-0.39, 0.29) is 0 Å². The predicted molar refractivity (Wildman–Crippen MR) is 83.6 cm³/mol. The van der Waals surface area contributed by atoms with Gasteiger partial charge >= 0.3 is 0 Å². The third-order valence-electron chi connectivity index (χ3n) is 2.63. The fraction of sp³-hybridized carbons (Fsp3) is 0.0714. The Morgan fingerprint density at radius 1 is 1.10 bits per heavy atom. The van der Waals surface area contributed by atoms with Gasteiger partial charge in [-0.15, -0.1) is 10.2 Å². The molecule has 106 valence electrons. The molecule has 2 aromatic heterocycles. The second-order valence-electron chi connectivity index (χ2n) is 4.16. The molecule has 0 radical (unpaired) electrons. The normalized spacial score (nSPS) is 10.8. The summed E-state index contributed by atoms with van der Waals surface area (Å²) in [5, 5.41) is 9.64. The lowest BCUT2D eigenvalue weighted by atomic mass is 10.2. The fourth-order valence-corrected chi connectivity index (χ4v) is 2.64. The largest absolute Gasteiger partial charge is 0.411 e. The number of hydrogen-bond donors (Lipinski definition) is 0. The third kappa shape index (κ3) is 3.75. The average Bonchev–Trinajstić information content (AvgIpc) is 2.96. The van der Waals surface area contributed by atoms with E-state index in [0.717, 1.165) is 11.1 Å². The molecule has 0 aliphatic rings. The number of thioether (sulfide) groups is 1. The van der Waals surface area contributed by atoms with Gasteiger partial charge in [0, 0.05) is 22.5 Å². The molecule has 2 heterocycles. The van der Waals surface area contributed by atoms with Gasteiger partial charge in [-0.2, -0.15) is 0 Å². The smallest absolute Gasteiger partial charge is 0.277 e. The Morgan fingerprint density at radius 2 is 2.00 bits per heavy atom. The van der Waals surface area contributed by atoms with Gasteiger partial charge in [-0.05, 0) is 29.8 Å². The van der Waals surface area contributed by atoms with Crippen molar-refractivity contribution in [3.63, 3.8) is 0 Å². The number of benzene rings is 1. The Hall–Kier alpha value is -1.56. The van der Waals surface area contributed by atoms with Gasteiger partial charge < -0.3 is 4.42 Å². The quantitative estimate of drug-likeness (QED) is 0.508. The van der Waals surface area contributed by atoms with E-state index in [1.807, 2.05) is 18.2 Å². The van der Waals surface area contributed by atoms with Gasteiger partial charge in [0.15, 0.2) is 0 Å². The summed E-state index contributed by atoms with van der Waals surface area (Å²) in [5.74, 6) is 1.13. The molecule has 21 heavy (non-hydrogen) atoms. The van der Waals surface area contributed by atoms with Gasteiger partial charge in [0.2, 0.25) is 5.89 Å². The Labute approximate surface area is 135 Å². The molecule has 4 nitrogen and oxygen atoms in total. The molecule has 3 rings (SSSR count). The number of aromatic nitrogens is 3. The van der Waals surface area contributed by atoms with Crippen molar-refractivity contribution in [2.75, 3.05) is 0 Å². The van der Waals surface area contributed by atoms with Crippen LogP contribution in [0.25, 0.3) is 11.5 Å². The SMILES string of the molecule is Clc1cccc(-c2nnc(SCc3ccc(Cl)nc3)o2)c1. The van der Waals surface area contributed by atoms with Gasteiger partial charge in [0.1, 0.15) is 5.15 Å². The number of rotatable bonds is 4. The van der Waals surface area contributed by atoms with E-state index >= 15 is 0 Å². The topological polar surface area (TPSA) is 51.8 Å². The van der Waals surface area contributed by atoms with E-state index in [1.54, 1.807) is 24.4 Å². The highest BCUT2D eigenvalue weighted by molar-refractivity contribution is 7.98. The number of hydrogen-bond acceptors (Lipinski definition) is 5. The molecule has 0 amide bonds. The summed E-state index contributed by atoms with van der Waals surface area (Å²) in [5.41, 5.74) is 1.84. The standard InChI is InChI=1S/C14H9Cl2N3OS/c15-11-3-1-2-10(6-11)13-18-19-14(20-13)21-8-9-4-5-12(16)17-7-9/h1-7H,8H2. The van der Waals surface area contributed by atoms with Crippen LogP contribution in [0.5, 0.6) is 0 Å². The second kappa shape index (κ2) is 6.47. The van der Waals surface area contributed by atoms with Crippen molar-refractivity contribution >= 4 is 35.0 Å². The number of halogens is 2. The molecule has 1 aromatic carbocycles. The van der Waals surface area contributed by atoms with Crippen LogP contribution in [0.4, 0.5) is 0 Å². The molecule has 0 spiro atoms. The molecule has 0 bridgehead atoms. The summed E-state index contributed by atoms with van der Waals surface area (Å²) < 4.78 is 5.61. The van der Waals surface area contributed by atoms with E-state index in [0.29, 0.717) is 27.0 Å². The maximum Gasteiger partial charge on any atom is 0.277 e. The third-order valence-corrected chi connectivity index (χ3v) is 3.98. The van der Waals surface area contributed by atoms with Crippen LogP contribution in [-0.4, -0.2) is 15.2 Å². The molecule has 0 saturated carbocycles. The van der Waals surface area contributed by atoms with E-state index in [9.17, 15) is 0 Å². The maximum absolute atomic E-state index is 5.94. The van der Waals surface area contributed by atoms with Crippen LogP contribution in [0, 0.1) is 0 Å². The molecule has 0 unspecified atom stereocenters. The van der Waals surface area contributed by atoms with Gasteiger partial charge in [-0.3, -0.25) is 0 Å². The first-order chi connectivity index (χ1) is 10.2. The zero-order valence-corrected chi connectivity index (χ0v) is 13.0. The molecule has 0 saturated heterocycles. The minimum atomic E-state index is 0.453. The van der Waals surface area contributed by atoms with Crippen molar-refractivity contribution in [2.24, 2.45) is 0 Å². The summed E-state index contributed by atoms with van der Waals surface area (Å²) in [4.78, 5) is 4.02. The fourth-order valence-electron chi connectivity index (χ4n) is 1.64. The van der Waals surface area contributed by atoms with Crippen molar-refractivity contribution in [1.82, 2.24) is 15.2 Å². The average molecular weight is 338 g/mol.